The van der Waals surface area contributed by atoms with E-state index in [1.165, 1.54) is 4.90 Å². The Bertz CT molecular complexity index is 1350. The van der Waals surface area contributed by atoms with Gasteiger partial charge in [-0.3, -0.25) is 9.69 Å². The fraction of sp³-hybridized carbons (Fsp3) is 0.429. The van der Waals surface area contributed by atoms with Gasteiger partial charge in [0.25, 0.3) is 5.91 Å². The molecule has 1 aliphatic rings. The van der Waals surface area contributed by atoms with Crippen molar-refractivity contribution in [1.82, 2.24) is 20.1 Å². The van der Waals surface area contributed by atoms with Gasteiger partial charge in [0.2, 0.25) is 0 Å². The molecule has 0 saturated carbocycles. The monoisotopic (exact) mass is 583 g/mol. The average Bonchev–Trinajstić information content (AvgIpc) is 3.32. The topological polar surface area (TPSA) is 73.0 Å². The Kier molecular flexibility index (Phi) is 9.27. The van der Waals surface area contributed by atoms with Crippen molar-refractivity contribution >= 4 is 22.5 Å². The van der Waals surface area contributed by atoms with Crippen LogP contribution in [0.1, 0.15) is 34.0 Å². The molecule has 0 bridgehead atoms. The number of oxime groups is 1. The van der Waals surface area contributed by atoms with Crippen LogP contribution < -0.4 is 5.32 Å². The zero-order valence-electron chi connectivity index (χ0n) is 22.6. The first-order valence-corrected chi connectivity index (χ1v) is 13.0. The molecule has 1 amide bonds. The number of likely N-dealkylation sites (N-methyl/N-ethyl adjacent to an activating group) is 1. The molecule has 0 radical (unpaired) electrons. The number of hydrogen-bond acceptors (Lipinski definition) is 5. The molecular formula is C28H31F6N5O2. The quantitative estimate of drug-likeness (QED) is 0.158. The molecule has 2 aromatic carbocycles. The second-order valence-corrected chi connectivity index (χ2v) is 10.0. The van der Waals surface area contributed by atoms with Crippen molar-refractivity contribution in [2.24, 2.45) is 5.16 Å². The lowest BCUT2D eigenvalue weighted by Crippen LogP contribution is -2.56. The number of nitrogens with zero attached hydrogens (tertiary/aromatic N) is 3. The summed E-state index contributed by atoms with van der Waals surface area (Å²) in [5.41, 5.74) is -1.24. The van der Waals surface area contributed by atoms with Crippen LogP contribution in [0.25, 0.3) is 10.9 Å². The zero-order chi connectivity index (χ0) is 29.8. The van der Waals surface area contributed by atoms with Gasteiger partial charge in [-0.15, -0.1) is 0 Å². The van der Waals surface area contributed by atoms with E-state index in [0.717, 1.165) is 16.5 Å². The van der Waals surface area contributed by atoms with Crippen molar-refractivity contribution in [2.45, 2.75) is 31.7 Å². The van der Waals surface area contributed by atoms with Gasteiger partial charge in [-0.2, -0.15) is 26.3 Å². The van der Waals surface area contributed by atoms with Crippen LogP contribution >= 0.6 is 0 Å². The number of alkyl halides is 6. The molecule has 1 aliphatic heterocycles. The van der Waals surface area contributed by atoms with E-state index in [1.54, 1.807) is 20.2 Å². The first kappa shape index (κ1) is 30.4. The van der Waals surface area contributed by atoms with Crippen LogP contribution in [0.5, 0.6) is 0 Å². The summed E-state index contributed by atoms with van der Waals surface area (Å²) in [7, 11) is 1.79. The lowest BCUT2D eigenvalue weighted by Gasteiger charge is -2.41. The van der Waals surface area contributed by atoms with Gasteiger partial charge in [-0.25, -0.2) is 0 Å². The van der Waals surface area contributed by atoms with Crippen LogP contribution in [0.3, 0.4) is 0 Å². The third-order valence-electron chi connectivity index (χ3n) is 6.91. The molecular weight excluding hydrogens is 552 g/mol. The number of halogens is 6. The van der Waals surface area contributed by atoms with Gasteiger partial charge in [0.05, 0.1) is 16.8 Å². The Morgan fingerprint density at radius 2 is 1.76 bits per heavy atom. The van der Waals surface area contributed by atoms with Crippen molar-refractivity contribution < 1.29 is 36.0 Å². The van der Waals surface area contributed by atoms with Crippen molar-refractivity contribution in [3.8, 4) is 0 Å². The molecule has 7 nitrogen and oxygen atoms in total. The predicted octanol–water partition coefficient (Wildman–Crippen LogP) is 5.19. The predicted molar refractivity (Wildman–Crippen MR) is 143 cm³/mol. The number of aromatic nitrogens is 1. The maximum atomic E-state index is 13.6. The number of piperazine rings is 1. The van der Waals surface area contributed by atoms with Crippen LogP contribution in [0, 0.1) is 0 Å². The molecule has 41 heavy (non-hydrogen) atoms. The molecule has 1 atom stereocenters. The van der Waals surface area contributed by atoms with Crippen LogP contribution in [0.4, 0.5) is 26.3 Å². The van der Waals surface area contributed by atoms with Crippen LogP contribution in [-0.4, -0.2) is 78.8 Å². The van der Waals surface area contributed by atoms with Crippen LogP contribution in [0.2, 0.25) is 0 Å². The molecule has 3 aromatic rings. The summed E-state index contributed by atoms with van der Waals surface area (Å²) < 4.78 is 81.0. The number of nitrogens with one attached hydrogen (secondary N) is 2. The Balaban J connectivity index is 1.63. The number of amides is 1. The fourth-order valence-corrected chi connectivity index (χ4v) is 4.96. The summed E-state index contributed by atoms with van der Waals surface area (Å²) >= 11 is 0. The molecule has 13 heteroatoms. The molecule has 222 valence electrons. The van der Waals surface area contributed by atoms with E-state index in [-0.39, 0.29) is 12.6 Å². The van der Waals surface area contributed by atoms with Crippen molar-refractivity contribution in [1.29, 1.82) is 0 Å². The minimum atomic E-state index is -5.05. The van der Waals surface area contributed by atoms with Crippen molar-refractivity contribution in [2.75, 3.05) is 46.4 Å². The number of para-hydroxylation sites is 1. The molecule has 1 fully saturated rings. The van der Waals surface area contributed by atoms with Gasteiger partial charge in [0.15, 0.2) is 0 Å². The zero-order valence-corrected chi connectivity index (χ0v) is 22.6. The SMILES string of the molecule is CNCCO/N=C(\C)CN1CCN(C(=O)c2cc(C(F)(F)F)cc(C(F)(F)F)c2)[C@H](Cc2c[nH]c3ccccc23)C1. The highest BCUT2D eigenvalue weighted by Gasteiger charge is 2.39. The van der Waals surface area contributed by atoms with E-state index in [2.05, 4.69) is 15.5 Å². The van der Waals surface area contributed by atoms with Crippen molar-refractivity contribution in [3.05, 3.63) is 70.9 Å². The van der Waals surface area contributed by atoms with E-state index in [4.69, 9.17) is 4.84 Å². The normalized spacial score (nSPS) is 17.3. The average molecular weight is 584 g/mol. The van der Waals surface area contributed by atoms with E-state index < -0.39 is 41.0 Å². The molecule has 4 rings (SSSR count). The van der Waals surface area contributed by atoms with Gasteiger partial charge >= 0.3 is 12.4 Å². The maximum Gasteiger partial charge on any atom is 0.416 e. The summed E-state index contributed by atoms with van der Waals surface area (Å²) in [6.45, 7) is 4.02. The number of H-pyrrole nitrogens is 1. The molecule has 2 heterocycles. The highest BCUT2D eigenvalue weighted by molar-refractivity contribution is 5.95. The highest BCUT2D eigenvalue weighted by Crippen LogP contribution is 2.37. The lowest BCUT2D eigenvalue weighted by molar-refractivity contribution is -0.143. The van der Waals surface area contributed by atoms with E-state index in [9.17, 15) is 31.1 Å². The molecule has 1 saturated heterocycles. The molecule has 2 N–H and O–H groups in total. The van der Waals surface area contributed by atoms with Crippen molar-refractivity contribution in [3.63, 3.8) is 0 Å². The first-order chi connectivity index (χ1) is 19.4. The molecule has 1 aromatic heterocycles. The number of fused-ring (bicyclic) bond motifs is 1. The van der Waals surface area contributed by atoms with E-state index in [1.807, 2.05) is 29.2 Å². The fourth-order valence-electron chi connectivity index (χ4n) is 4.96. The summed E-state index contributed by atoms with van der Waals surface area (Å²) in [5, 5.41) is 7.97. The first-order valence-electron chi connectivity index (χ1n) is 13.0. The highest BCUT2D eigenvalue weighted by atomic mass is 19.4. The third-order valence-corrected chi connectivity index (χ3v) is 6.91. The Labute approximate surface area is 233 Å². The second kappa shape index (κ2) is 12.5. The van der Waals surface area contributed by atoms with Gasteiger partial charge < -0.3 is 20.0 Å². The van der Waals surface area contributed by atoms with Gasteiger partial charge in [0, 0.05) is 61.4 Å². The van der Waals surface area contributed by atoms with Gasteiger partial charge in [-0.1, -0.05) is 23.4 Å². The number of rotatable bonds is 9. The number of carbonyl (C=O) groups is 1. The lowest BCUT2D eigenvalue weighted by atomic mass is 9.98. The minimum absolute atomic E-state index is 0.0267. The largest absolute Gasteiger partial charge is 0.416 e. The summed E-state index contributed by atoms with van der Waals surface area (Å²) in [5.74, 6) is -0.883. The summed E-state index contributed by atoms with van der Waals surface area (Å²) in [4.78, 5) is 25.5. The second-order valence-electron chi connectivity index (χ2n) is 10.0. The van der Waals surface area contributed by atoms with Gasteiger partial charge in [-0.05, 0) is 50.2 Å². The molecule has 0 unspecified atom stereocenters. The Morgan fingerprint density at radius 1 is 1.07 bits per heavy atom. The number of hydrogen-bond donors (Lipinski definition) is 2. The van der Waals surface area contributed by atoms with E-state index in [0.29, 0.717) is 57.1 Å². The molecule has 0 aliphatic carbocycles. The van der Waals surface area contributed by atoms with Crippen LogP contribution in [0.15, 0.2) is 53.8 Å². The standard InChI is InChI=1S/C28H31F6N5O2/c1-18(37-41-10-7-35-2)16-38-8-9-39(23(17-38)13-20-15-36-25-6-4-3-5-24(20)25)26(40)19-11-21(27(29,30)31)14-22(12-19)28(32,33)34/h3-6,11-12,14-15,23,35-36H,7-10,13,16-17H2,1-2H3/b37-18+/t23-/m1/s1. The smallest absolute Gasteiger partial charge is 0.394 e. The minimum Gasteiger partial charge on any atom is -0.394 e. The van der Waals surface area contributed by atoms with E-state index >= 15 is 0 Å². The maximum absolute atomic E-state index is 13.6. The number of benzene rings is 2. The Hall–Kier alpha value is -3.58. The van der Waals surface area contributed by atoms with Crippen LogP contribution in [-0.2, 0) is 23.6 Å². The molecule has 0 spiro atoms. The number of carbonyl (C=O) groups excluding carboxylic acids is 1. The van der Waals surface area contributed by atoms with Gasteiger partial charge in [0.1, 0.15) is 6.61 Å². The summed E-state index contributed by atoms with van der Waals surface area (Å²) in [6, 6.07) is 8.02. The third kappa shape index (κ3) is 7.59. The Morgan fingerprint density at radius 3 is 2.41 bits per heavy atom. The summed E-state index contributed by atoms with van der Waals surface area (Å²) in [6.07, 6.45) is -7.96. The number of aromatic amines is 1.